The quantitative estimate of drug-likeness (QED) is 0.434. The Labute approximate surface area is 202 Å². The molecule has 1 fully saturated rings. The molecule has 1 aromatic heterocycles. The van der Waals surface area contributed by atoms with Gasteiger partial charge in [-0.15, -0.1) is 0 Å². The first-order valence-corrected chi connectivity index (χ1v) is 12.7. The van der Waals surface area contributed by atoms with Crippen molar-refractivity contribution in [3.05, 3.63) is 35.0 Å². The molecule has 34 heavy (non-hydrogen) atoms. The summed E-state index contributed by atoms with van der Waals surface area (Å²) in [6, 6.07) is 6.57. The van der Waals surface area contributed by atoms with E-state index in [-0.39, 0.29) is 17.2 Å². The average molecular weight is 467 g/mol. The summed E-state index contributed by atoms with van der Waals surface area (Å²) in [5.41, 5.74) is 9.39. The van der Waals surface area contributed by atoms with Gasteiger partial charge in [-0.1, -0.05) is 26.8 Å². The Kier molecular flexibility index (Phi) is 7.12. The van der Waals surface area contributed by atoms with Crippen LogP contribution in [0.5, 0.6) is 0 Å². The number of nitrogens with zero attached hydrogens (tertiary/aromatic N) is 2. The fourth-order valence-corrected chi connectivity index (χ4v) is 5.70. The van der Waals surface area contributed by atoms with Crippen molar-refractivity contribution in [2.24, 2.45) is 11.1 Å². The lowest BCUT2D eigenvalue weighted by molar-refractivity contribution is -0.152. The van der Waals surface area contributed by atoms with E-state index in [1.165, 1.54) is 16.0 Å². The number of likely N-dealkylation sites (tertiary alicyclic amines) is 1. The van der Waals surface area contributed by atoms with E-state index in [1.807, 2.05) is 19.9 Å². The minimum Gasteiger partial charge on any atom is -0.364 e. The molecule has 2 aromatic rings. The summed E-state index contributed by atoms with van der Waals surface area (Å²) in [4.78, 5) is 43.7. The molecule has 1 aliphatic carbocycles. The van der Waals surface area contributed by atoms with Gasteiger partial charge in [-0.05, 0) is 80.3 Å². The van der Waals surface area contributed by atoms with Crippen molar-refractivity contribution in [1.29, 1.82) is 0 Å². The summed E-state index contributed by atoms with van der Waals surface area (Å²) in [5.74, 6) is -0.484. The number of hydrogen-bond donors (Lipinski definition) is 2. The van der Waals surface area contributed by atoms with Crippen LogP contribution in [0.4, 0.5) is 0 Å². The first-order chi connectivity index (χ1) is 16.2. The van der Waals surface area contributed by atoms with Crippen LogP contribution in [0.3, 0.4) is 0 Å². The molecule has 2 heterocycles. The number of hydrogen-bond acceptors (Lipinski definition) is 4. The van der Waals surface area contributed by atoms with E-state index in [0.29, 0.717) is 31.1 Å². The van der Waals surface area contributed by atoms with Gasteiger partial charge in [0.05, 0.1) is 0 Å². The second-order valence-electron chi connectivity index (χ2n) is 10.8. The number of benzene rings is 1. The highest BCUT2D eigenvalue weighted by molar-refractivity contribution is 5.99. The normalized spacial score (nSPS) is 20.2. The van der Waals surface area contributed by atoms with Gasteiger partial charge in [-0.2, -0.15) is 0 Å². The van der Waals surface area contributed by atoms with Crippen molar-refractivity contribution in [3.63, 3.8) is 0 Å². The molecule has 1 saturated heterocycles. The van der Waals surface area contributed by atoms with Gasteiger partial charge in [-0.25, -0.2) is 0 Å². The second-order valence-corrected chi connectivity index (χ2v) is 10.8. The van der Waals surface area contributed by atoms with Gasteiger partial charge in [0.25, 0.3) is 5.91 Å². The van der Waals surface area contributed by atoms with E-state index in [4.69, 9.17) is 5.73 Å². The molecule has 1 atom stereocenters. The van der Waals surface area contributed by atoms with Crippen molar-refractivity contribution in [2.75, 3.05) is 19.6 Å². The Morgan fingerprint density at radius 3 is 2.59 bits per heavy atom. The van der Waals surface area contributed by atoms with Crippen LogP contribution in [0.25, 0.3) is 10.9 Å². The van der Waals surface area contributed by atoms with Crippen LogP contribution in [0, 0.1) is 5.41 Å². The molecule has 3 amide bonds. The number of aryl methyl sites for hydroxylation is 1. The highest BCUT2D eigenvalue weighted by Crippen LogP contribution is 2.33. The molecule has 0 radical (unpaired) electrons. The zero-order chi connectivity index (χ0) is 24.5. The van der Waals surface area contributed by atoms with E-state index >= 15 is 0 Å². The Morgan fingerprint density at radius 1 is 1.18 bits per heavy atom. The minimum atomic E-state index is -0.431. The van der Waals surface area contributed by atoms with E-state index in [9.17, 15) is 14.4 Å². The number of carbonyl (C=O) groups is 3. The SMILES string of the molecule is CCCN(CCCCN1C(=O)CC(C)(C)CC1=O)C1CCc2ccc3[nH]c(C(N)=O)cc3c2C1. The first kappa shape index (κ1) is 24.5. The van der Waals surface area contributed by atoms with Crippen LogP contribution in [0.1, 0.15) is 80.9 Å². The molecule has 7 nitrogen and oxygen atoms in total. The minimum absolute atomic E-state index is 0.0265. The number of unbranched alkanes of at least 4 members (excludes halogenated alkanes) is 1. The number of aromatic nitrogens is 1. The standard InChI is InChI=1S/C27H38N4O3/c1-4-11-30(12-5-6-13-31-24(32)16-27(2,3)17-25(31)33)19-9-7-18-8-10-22-21(20(18)14-19)15-23(29-22)26(28)34/h8,10,15,19,29H,4-7,9,11-14,16-17H2,1-3H3,(H2,28,34). The number of aromatic amines is 1. The Morgan fingerprint density at radius 2 is 1.91 bits per heavy atom. The topological polar surface area (TPSA) is 99.5 Å². The number of nitrogens with one attached hydrogen (secondary N) is 1. The molecule has 1 aliphatic heterocycles. The monoisotopic (exact) mass is 466 g/mol. The zero-order valence-corrected chi connectivity index (χ0v) is 20.8. The van der Waals surface area contributed by atoms with Gasteiger partial charge >= 0.3 is 0 Å². The van der Waals surface area contributed by atoms with Crippen LogP contribution < -0.4 is 5.73 Å². The summed E-state index contributed by atoms with van der Waals surface area (Å²) in [7, 11) is 0. The van der Waals surface area contributed by atoms with Crippen molar-refractivity contribution >= 4 is 28.6 Å². The lowest BCUT2D eigenvalue weighted by Gasteiger charge is -2.36. The number of carbonyl (C=O) groups excluding carboxylic acids is 3. The molecular formula is C27H38N4O3. The van der Waals surface area contributed by atoms with Gasteiger partial charge in [-0.3, -0.25) is 19.3 Å². The molecule has 4 rings (SSSR count). The maximum atomic E-state index is 12.4. The number of imide groups is 1. The highest BCUT2D eigenvalue weighted by Gasteiger charge is 2.37. The zero-order valence-electron chi connectivity index (χ0n) is 20.8. The molecule has 7 heteroatoms. The van der Waals surface area contributed by atoms with Crippen molar-refractivity contribution in [3.8, 4) is 0 Å². The first-order valence-electron chi connectivity index (χ1n) is 12.7. The molecule has 0 saturated carbocycles. The molecular weight excluding hydrogens is 428 g/mol. The van der Waals surface area contributed by atoms with E-state index in [2.05, 4.69) is 28.9 Å². The summed E-state index contributed by atoms with van der Waals surface area (Å²) >= 11 is 0. The van der Waals surface area contributed by atoms with Gasteiger partial charge in [0.15, 0.2) is 0 Å². The molecule has 2 aliphatic rings. The summed E-state index contributed by atoms with van der Waals surface area (Å²) in [6.45, 7) is 8.71. The lowest BCUT2D eigenvalue weighted by atomic mass is 9.81. The maximum Gasteiger partial charge on any atom is 0.265 e. The number of rotatable bonds is 9. The number of primary amides is 1. The summed E-state index contributed by atoms with van der Waals surface area (Å²) in [5, 5.41) is 1.11. The third kappa shape index (κ3) is 5.19. The summed E-state index contributed by atoms with van der Waals surface area (Å²) < 4.78 is 0. The van der Waals surface area contributed by atoms with Crippen molar-refractivity contribution in [2.45, 2.75) is 78.2 Å². The Bertz CT molecular complexity index is 1070. The van der Waals surface area contributed by atoms with Crippen LogP contribution in [-0.2, 0) is 22.4 Å². The number of H-pyrrole nitrogens is 1. The van der Waals surface area contributed by atoms with Crippen LogP contribution in [0.2, 0.25) is 0 Å². The van der Waals surface area contributed by atoms with Gasteiger partial charge < -0.3 is 15.6 Å². The van der Waals surface area contributed by atoms with Crippen LogP contribution in [0.15, 0.2) is 18.2 Å². The average Bonchev–Trinajstić information content (AvgIpc) is 3.21. The number of piperidine rings is 1. The second kappa shape index (κ2) is 9.90. The molecule has 184 valence electrons. The van der Waals surface area contributed by atoms with E-state index in [1.54, 1.807) is 0 Å². The smallest absolute Gasteiger partial charge is 0.265 e. The molecule has 0 bridgehead atoms. The molecule has 3 N–H and O–H groups in total. The Balaban J connectivity index is 1.38. The third-order valence-corrected chi connectivity index (χ3v) is 7.43. The molecule has 1 aromatic carbocycles. The molecule has 0 spiro atoms. The van der Waals surface area contributed by atoms with Gasteiger partial charge in [0.1, 0.15) is 5.69 Å². The van der Waals surface area contributed by atoms with Crippen LogP contribution in [-0.4, -0.2) is 58.2 Å². The fourth-order valence-electron chi connectivity index (χ4n) is 5.70. The fraction of sp³-hybridized carbons (Fsp3) is 0.593. The van der Waals surface area contributed by atoms with Crippen molar-refractivity contribution < 1.29 is 14.4 Å². The maximum absolute atomic E-state index is 12.4. The van der Waals surface area contributed by atoms with Crippen molar-refractivity contribution in [1.82, 2.24) is 14.8 Å². The van der Waals surface area contributed by atoms with E-state index < -0.39 is 5.91 Å². The summed E-state index contributed by atoms with van der Waals surface area (Å²) in [6.07, 6.45) is 6.89. The van der Waals surface area contributed by atoms with Crippen LogP contribution >= 0.6 is 0 Å². The lowest BCUT2D eigenvalue weighted by Crippen LogP contribution is -2.46. The number of amides is 3. The van der Waals surface area contributed by atoms with Gasteiger partial charge in [0.2, 0.25) is 11.8 Å². The number of nitrogens with two attached hydrogens (primary N) is 1. The molecule has 1 unspecified atom stereocenters. The van der Waals surface area contributed by atoms with Gasteiger partial charge in [0, 0.05) is 36.3 Å². The predicted molar refractivity (Wildman–Crippen MR) is 133 cm³/mol. The predicted octanol–water partition coefficient (Wildman–Crippen LogP) is 3.79. The van der Waals surface area contributed by atoms with E-state index in [0.717, 1.165) is 62.5 Å². The highest BCUT2D eigenvalue weighted by atomic mass is 16.2. The Hall–Kier alpha value is -2.67. The number of fused-ring (bicyclic) bond motifs is 3. The largest absolute Gasteiger partial charge is 0.364 e. The third-order valence-electron chi connectivity index (χ3n) is 7.43.